The molecule has 1 unspecified atom stereocenters. The van der Waals surface area contributed by atoms with Crippen molar-refractivity contribution in [3.63, 3.8) is 0 Å². The van der Waals surface area contributed by atoms with E-state index in [0.29, 0.717) is 23.4 Å². The monoisotopic (exact) mass is 365 g/mol. The zero-order valence-corrected chi connectivity index (χ0v) is 15.4. The molecule has 0 spiro atoms. The third kappa shape index (κ3) is 4.65. The molecule has 2 aromatic carbocycles. The summed E-state index contributed by atoms with van der Waals surface area (Å²) in [6.45, 7) is 1.14. The highest BCUT2D eigenvalue weighted by molar-refractivity contribution is 7.09. The number of ketones is 1. The molecule has 132 valence electrons. The van der Waals surface area contributed by atoms with E-state index in [0.717, 1.165) is 11.4 Å². The minimum Gasteiger partial charge on any atom is -0.325 e. The molecule has 0 radical (unpaired) electrons. The second-order valence-corrected chi connectivity index (χ2v) is 7.21. The smallest absolute Gasteiger partial charge is 0.279 e. The van der Waals surface area contributed by atoms with Gasteiger partial charge in [-0.3, -0.25) is 9.59 Å². The van der Waals surface area contributed by atoms with Crippen molar-refractivity contribution in [1.29, 1.82) is 0 Å². The number of nitrogens with one attached hydrogen (secondary N) is 2. The molecule has 0 aliphatic heterocycles. The van der Waals surface area contributed by atoms with E-state index in [1.165, 1.54) is 4.88 Å². The molecule has 4 nitrogen and oxygen atoms in total. The lowest BCUT2D eigenvalue weighted by molar-refractivity contribution is -0.884. The highest BCUT2D eigenvalue weighted by Crippen LogP contribution is 2.19. The van der Waals surface area contributed by atoms with E-state index in [-0.39, 0.29) is 11.7 Å². The van der Waals surface area contributed by atoms with Crippen LogP contribution in [0, 0.1) is 0 Å². The van der Waals surface area contributed by atoms with Crippen LogP contribution in [0.3, 0.4) is 0 Å². The van der Waals surface area contributed by atoms with Crippen LogP contribution < -0.4 is 10.2 Å². The molecule has 0 saturated carbocycles. The summed E-state index contributed by atoms with van der Waals surface area (Å²) >= 11 is 1.69. The van der Waals surface area contributed by atoms with Gasteiger partial charge in [-0.15, -0.1) is 11.3 Å². The number of para-hydroxylation sites is 1. The molecule has 0 fully saturated rings. The first-order valence-corrected chi connectivity index (χ1v) is 9.34. The summed E-state index contributed by atoms with van der Waals surface area (Å²) in [4.78, 5) is 27.5. The number of hydrogen-bond acceptors (Lipinski definition) is 3. The molecular formula is C21H21N2O2S+. The number of benzene rings is 2. The number of anilines is 1. The first kappa shape index (κ1) is 18.0. The maximum absolute atomic E-state index is 12.7. The van der Waals surface area contributed by atoms with Gasteiger partial charge in [-0.2, -0.15) is 0 Å². The highest BCUT2D eigenvalue weighted by Gasteiger charge is 2.17. The van der Waals surface area contributed by atoms with Crippen molar-refractivity contribution in [3.8, 4) is 0 Å². The van der Waals surface area contributed by atoms with Crippen molar-refractivity contribution in [2.24, 2.45) is 0 Å². The molecule has 3 aromatic rings. The molecule has 3 rings (SSSR count). The number of quaternary nitrogens is 1. The van der Waals surface area contributed by atoms with Gasteiger partial charge in [0.05, 0.1) is 17.6 Å². The molecule has 5 heteroatoms. The molecule has 0 aliphatic rings. The number of thiophene rings is 1. The summed E-state index contributed by atoms with van der Waals surface area (Å²) in [6.07, 6.45) is 0. The van der Waals surface area contributed by atoms with E-state index in [9.17, 15) is 9.59 Å². The lowest BCUT2D eigenvalue weighted by Crippen LogP contribution is -3.08. The van der Waals surface area contributed by atoms with Crippen LogP contribution in [0.4, 0.5) is 5.69 Å². The van der Waals surface area contributed by atoms with E-state index < -0.39 is 0 Å². The van der Waals surface area contributed by atoms with Gasteiger partial charge >= 0.3 is 0 Å². The first-order chi connectivity index (χ1) is 12.6. The molecule has 1 aromatic heterocycles. The zero-order valence-electron chi connectivity index (χ0n) is 14.6. The largest absolute Gasteiger partial charge is 0.325 e. The normalized spacial score (nSPS) is 11.7. The summed E-state index contributed by atoms with van der Waals surface area (Å²) < 4.78 is 0. The van der Waals surface area contributed by atoms with Gasteiger partial charge < -0.3 is 10.2 Å². The van der Waals surface area contributed by atoms with Gasteiger partial charge in [0.25, 0.3) is 5.91 Å². The van der Waals surface area contributed by atoms with Gasteiger partial charge in [-0.25, -0.2) is 0 Å². The zero-order chi connectivity index (χ0) is 18.4. The number of rotatable bonds is 7. The van der Waals surface area contributed by atoms with E-state index >= 15 is 0 Å². The quantitative estimate of drug-likeness (QED) is 0.633. The highest BCUT2D eigenvalue weighted by atomic mass is 32.1. The summed E-state index contributed by atoms with van der Waals surface area (Å²) in [6, 6.07) is 20.3. The van der Waals surface area contributed by atoms with E-state index in [1.807, 2.05) is 42.8 Å². The van der Waals surface area contributed by atoms with E-state index in [4.69, 9.17) is 0 Å². The van der Waals surface area contributed by atoms with Crippen molar-refractivity contribution < 1.29 is 14.5 Å². The number of hydrogen-bond donors (Lipinski definition) is 2. The first-order valence-electron chi connectivity index (χ1n) is 8.46. The van der Waals surface area contributed by atoms with Crippen LogP contribution in [-0.2, 0) is 11.3 Å². The Labute approximate surface area is 157 Å². The van der Waals surface area contributed by atoms with Crippen LogP contribution in [0.5, 0.6) is 0 Å². The molecule has 2 N–H and O–H groups in total. The molecule has 0 aliphatic carbocycles. The summed E-state index contributed by atoms with van der Waals surface area (Å²) in [5.41, 5.74) is 1.66. The van der Waals surface area contributed by atoms with Crippen molar-refractivity contribution in [2.75, 3.05) is 18.9 Å². The number of likely N-dealkylation sites (N-methyl/N-ethyl adjacent to an activating group) is 1. The Kier molecular flexibility index (Phi) is 5.94. The molecule has 0 bridgehead atoms. The molecule has 1 atom stereocenters. The number of carbonyl (C=O) groups is 2. The van der Waals surface area contributed by atoms with Gasteiger partial charge in [0.15, 0.2) is 12.3 Å². The van der Waals surface area contributed by atoms with Crippen LogP contribution in [0.25, 0.3) is 0 Å². The number of amides is 1. The molecular weight excluding hydrogens is 344 g/mol. The fourth-order valence-corrected chi connectivity index (χ4v) is 3.60. The molecule has 0 saturated heterocycles. The van der Waals surface area contributed by atoms with E-state index in [2.05, 4.69) is 11.4 Å². The average molecular weight is 365 g/mol. The minimum absolute atomic E-state index is 0.0965. The Morgan fingerprint density at radius 2 is 1.69 bits per heavy atom. The predicted molar refractivity (Wildman–Crippen MR) is 105 cm³/mol. The third-order valence-electron chi connectivity index (χ3n) is 4.00. The lowest BCUT2D eigenvalue weighted by atomic mass is 10.0. The maximum Gasteiger partial charge on any atom is 0.279 e. The van der Waals surface area contributed by atoms with Crippen LogP contribution in [0.2, 0.25) is 0 Å². The average Bonchev–Trinajstić information content (AvgIpc) is 3.15. The topological polar surface area (TPSA) is 50.6 Å². The van der Waals surface area contributed by atoms with Gasteiger partial charge in [-0.1, -0.05) is 48.5 Å². The number of carbonyl (C=O) groups excluding carboxylic acids is 2. The predicted octanol–water partition coefficient (Wildman–Crippen LogP) is 2.63. The van der Waals surface area contributed by atoms with Crippen molar-refractivity contribution in [2.45, 2.75) is 6.54 Å². The van der Waals surface area contributed by atoms with Crippen molar-refractivity contribution in [1.82, 2.24) is 0 Å². The maximum atomic E-state index is 12.7. The Bertz CT molecular complexity index is 876. The Balaban J connectivity index is 1.68. The Morgan fingerprint density at radius 1 is 0.962 bits per heavy atom. The lowest BCUT2D eigenvalue weighted by Gasteiger charge is -2.14. The van der Waals surface area contributed by atoms with Crippen LogP contribution in [-0.4, -0.2) is 25.3 Å². The Hall–Kier alpha value is -2.76. The van der Waals surface area contributed by atoms with Gasteiger partial charge in [0.1, 0.15) is 6.54 Å². The standard InChI is InChI=1S/C21H20N2O2S/c1-23(14-17-10-7-13-26-17)15-20(24)22-19-12-6-5-11-18(19)21(25)16-8-3-2-4-9-16/h2-13H,14-15H2,1H3,(H,22,24)/p+1. The third-order valence-corrected chi connectivity index (χ3v) is 4.88. The van der Waals surface area contributed by atoms with Crippen molar-refractivity contribution >= 4 is 28.7 Å². The van der Waals surface area contributed by atoms with Gasteiger partial charge in [0.2, 0.25) is 0 Å². The SMILES string of the molecule is C[NH+](CC(=O)Nc1ccccc1C(=O)c1ccccc1)Cc1cccs1. The molecule has 1 amide bonds. The van der Waals surface area contributed by atoms with Crippen LogP contribution in [0.1, 0.15) is 20.8 Å². The van der Waals surface area contributed by atoms with Gasteiger partial charge in [0, 0.05) is 11.1 Å². The minimum atomic E-state index is -0.104. The second kappa shape index (κ2) is 8.56. The van der Waals surface area contributed by atoms with E-state index in [1.54, 1.807) is 41.7 Å². The van der Waals surface area contributed by atoms with Crippen molar-refractivity contribution in [3.05, 3.63) is 88.1 Å². The molecule has 1 heterocycles. The second-order valence-electron chi connectivity index (χ2n) is 6.18. The summed E-state index contributed by atoms with van der Waals surface area (Å²) in [5.74, 6) is -0.201. The summed E-state index contributed by atoms with van der Waals surface area (Å²) in [5, 5.41) is 4.93. The Morgan fingerprint density at radius 3 is 2.42 bits per heavy atom. The fraction of sp³-hybridized carbons (Fsp3) is 0.143. The van der Waals surface area contributed by atoms with Gasteiger partial charge in [-0.05, 0) is 23.6 Å². The fourth-order valence-electron chi connectivity index (χ4n) is 2.78. The van der Waals surface area contributed by atoms with Crippen LogP contribution >= 0.6 is 11.3 Å². The van der Waals surface area contributed by atoms with Crippen LogP contribution in [0.15, 0.2) is 72.1 Å². The molecule has 26 heavy (non-hydrogen) atoms. The summed E-state index contributed by atoms with van der Waals surface area (Å²) in [7, 11) is 1.99.